The molecule has 25 heavy (non-hydrogen) atoms. The third-order valence-electron chi connectivity index (χ3n) is 3.92. The van der Waals surface area contributed by atoms with E-state index in [-0.39, 0.29) is 29.4 Å². The van der Waals surface area contributed by atoms with Crippen LogP contribution in [0.3, 0.4) is 0 Å². The molecular weight excluding hydrogens is 322 g/mol. The number of nitrogens with zero attached hydrogens (tertiary/aromatic N) is 3. The molecule has 0 aliphatic heterocycles. The Kier molecular flexibility index (Phi) is 5.74. The molecule has 0 radical (unpaired) electrons. The van der Waals surface area contributed by atoms with Crippen molar-refractivity contribution in [3.05, 3.63) is 36.3 Å². The van der Waals surface area contributed by atoms with E-state index in [1.807, 2.05) is 13.8 Å². The van der Waals surface area contributed by atoms with Crippen molar-refractivity contribution >= 4 is 17.6 Å². The molecule has 2 heterocycles. The molecule has 2 aromatic heterocycles. The Labute approximate surface area is 146 Å². The van der Waals surface area contributed by atoms with Crippen molar-refractivity contribution in [3.8, 4) is 5.75 Å². The van der Waals surface area contributed by atoms with Gasteiger partial charge in [0.25, 0.3) is 5.91 Å². The largest absolute Gasteiger partial charge is 0.504 e. The predicted molar refractivity (Wildman–Crippen MR) is 93.2 cm³/mol. The Morgan fingerprint density at radius 1 is 1.20 bits per heavy atom. The summed E-state index contributed by atoms with van der Waals surface area (Å²) in [5.41, 5.74) is 0.301. The van der Waals surface area contributed by atoms with Gasteiger partial charge in [-0.05, 0) is 39.0 Å². The normalized spacial score (nSPS) is 13.3. The topological polar surface area (TPSA) is 109 Å². The zero-order valence-electron chi connectivity index (χ0n) is 14.7. The number of nitrogens with one attached hydrogen (secondary N) is 2. The first-order chi connectivity index (χ1) is 11.8. The molecule has 0 aromatic carbocycles. The van der Waals surface area contributed by atoms with E-state index in [0.717, 1.165) is 0 Å². The molecule has 8 nitrogen and oxygen atoms in total. The number of aromatic hydroxyl groups is 1. The van der Waals surface area contributed by atoms with Gasteiger partial charge in [0, 0.05) is 24.5 Å². The molecule has 3 N–H and O–H groups in total. The molecule has 2 aromatic rings. The molecule has 0 bridgehead atoms. The van der Waals surface area contributed by atoms with Crippen LogP contribution in [0.5, 0.6) is 5.75 Å². The van der Waals surface area contributed by atoms with Crippen LogP contribution in [0, 0.1) is 5.92 Å². The van der Waals surface area contributed by atoms with Crippen LogP contribution in [0.25, 0.3) is 0 Å². The number of hydrogen-bond acceptors (Lipinski definition) is 5. The number of aromatic nitrogens is 3. The smallest absolute Gasteiger partial charge is 0.272 e. The summed E-state index contributed by atoms with van der Waals surface area (Å²) < 4.78 is 1.69. The molecular formula is C17H23N5O3. The van der Waals surface area contributed by atoms with Gasteiger partial charge in [0.2, 0.25) is 5.91 Å². The lowest BCUT2D eigenvalue weighted by Crippen LogP contribution is -2.42. The second-order valence-corrected chi connectivity index (χ2v) is 6.19. The van der Waals surface area contributed by atoms with Crippen LogP contribution in [-0.4, -0.2) is 37.7 Å². The third kappa shape index (κ3) is 4.56. The predicted octanol–water partition coefficient (Wildman–Crippen LogP) is 1.96. The van der Waals surface area contributed by atoms with Gasteiger partial charge in [-0.25, -0.2) is 4.98 Å². The minimum atomic E-state index is -0.530. The molecule has 0 saturated heterocycles. The summed E-state index contributed by atoms with van der Waals surface area (Å²) in [7, 11) is 0. The summed E-state index contributed by atoms with van der Waals surface area (Å²) in [5.74, 6) is -1.24. The zero-order valence-corrected chi connectivity index (χ0v) is 14.7. The summed E-state index contributed by atoms with van der Waals surface area (Å²) >= 11 is 0. The van der Waals surface area contributed by atoms with Crippen molar-refractivity contribution in [1.82, 2.24) is 20.1 Å². The van der Waals surface area contributed by atoms with Gasteiger partial charge in [-0.15, -0.1) is 0 Å². The van der Waals surface area contributed by atoms with Crippen molar-refractivity contribution < 1.29 is 14.7 Å². The molecule has 134 valence electrons. The van der Waals surface area contributed by atoms with E-state index >= 15 is 0 Å². The number of carbonyl (C=O) groups is 2. The molecule has 0 saturated carbocycles. The van der Waals surface area contributed by atoms with E-state index < -0.39 is 12.0 Å². The lowest BCUT2D eigenvalue weighted by Gasteiger charge is -2.20. The van der Waals surface area contributed by atoms with E-state index in [4.69, 9.17) is 0 Å². The minimum Gasteiger partial charge on any atom is -0.504 e. The van der Waals surface area contributed by atoms with Crippen molar-refractivity contribution in [1.29, 1.82) is 0 Å². The monoisotopic (exact) mass is 345 g/mol. The van der Waals surface area contributed by atoms with E-state index in [9.17, 15) is 14.7 Å². The Bertz CT molecular complexity index is 756. The number of carbonyl (C=O) groups excluding carboxylic acids is 2. The molecule has 2 rings (SSSR count). The molecule has 2 unspecified atom stereocenters. The van der Waals surface area contributed by atoms with Crippen LogP contribution < -0.4 is 10.6 Å². The highest BCUT2D eigenvalue weighted by Gasteiger charge is 2.24. The standard InChI is InChI=1S/C17H23N5O3/c1-10(2)22-9-7-13(21-22)17(25)19-12(4)11(3)16(24)20-15-14(23)6-5-8-18-15/h5-12,23H,1-4H3,(H,19,25)(H,18,20,24). The fourth-order valence-electron chi connectivity index (χ4n) is 2.10. The SMILES string of the molecule is CC(NC(=O)c1ccn(C(C)C)n1)C(C)C(=O)Nc1ncccc1O. The average molecular weight is 345 g/mol. The third-order valence-corrected chi connectivity index (χ3v) is 3.92. The first-order valence-electron chi connectivity index (χ1n) is 8.10. The summed E-state index contributed by atoms with van der Waals surface area (Å²) in [6.45, 7) is 7.36. The van der Waals surface area contributed by atoms with Crippen molar-refractivity contribution in [3.63, 3.8) is 0 Å². The summed E-state index contributed by atoms with van der Waals surface area (Å²) in [6.07, 6.45) is 3.21. The molecule has 2 atom stereocenters. The molecule has 8 heteroatoms. The van der Waals surface area contributed by atoms with Crippen LogP contribution in [0.4, 0.5) is 5.82 Å². The van der Waals surface area contributed by atoms with Gasteiger partial charge >= 0.3 is 0 Å². The fourth-order valence-corrected chi connectivity index (χ4v) is 2.10. The van der Waals surface area contributed by atoms with E-state index in [1.165, 1.54) is 12.3 Å². The first-order valence-corrected chi connectivity index (χ1v) is 8.10. The number of hydrogen-bond donors (Lipinski definition) is 3. The van der Waals surface area contributed by atoms with Crippen molar-refractivity contribution in [2.75, 3.05) is 5.32 Å². The van der Waals surface area contributed by atoms with Gasteiger partial charge < -0.3 is 15.7 Å². The first kappa shape index (κ1) is 18.4. The highest BCUT2D eigenvalue weighted by atomic mass is 16.3. The van der Waals surface area contributed by atoms with Gasteiger partial charge in [0.15, 0.2) is 11.6 Å². The Morgan fingerprint density at radius 3 is 2.52 bits per heavy atom. The maximum absolute atomic E-state index is 12.3. The highest BCUT2D eigenvalue weighted by molar-refractivity contribution is 5.95. The number of amides is 2. The van der Waals surface area contributed by atoms with E-state index in [1.54, 1.807) is 36.9 Å². The second-order valence-electron chi connectivity index (χ2n) is 6.19. The van der Waals surface area contributed by atoms with E-state index in [2.05, 4.69) is 20.7 Å². The Balaban J connectivity index is 1.96. The number of anilines is 1. The summed E-state index contributed by atoms with van der Waals surface area (Å²) in [4.78, 5) is 28.4. The Morgan fingerprint density at radius 2 is 1.92 bits per heavy atom. The lowest BCUT2D eigenvalue weighted by atomic mass is 10.0. The molecule has 0 spiro atoms. The van der Waals surface area contributed by atoms with Gasteiger partial charge in [-0.1, -0.05) is 6.92 Å². The van der Waals surface area contributed by atoms with Crippen LogP contribution in [0.1, 0.15) is 44.2 Å². The Hall–Kier alpha value is -2.90. The highest BCUT2D eigenvalue weighted by Crippen LogP contribution is 2.19. The number of rotatable bonds is 6. The lowest BCUT2D eigenvalue weighted by molar-refractivity contribution is -0.120. The van der Waals surface area contributed by atoms with Crippen molar-refractivity contribution in [2.24, 2.45) is 5.92 Å². The fraction of sp³-hybridized carbons (Fsp3) is 0.412. The molecule has 2 amide bonds. The van der Waals surface area contributed by atoms with Gasteiger partial charge in [-0.3, -0.25) is 14.3 Å². The van der Waals surface area contributed by atoms with Crippen LogP contribution in [0.2, 0.25) is 0 Å². The van der Waals surface area contributed by atoms with Gasteiger partial charge in [-0.2, -0.15) is 5.10 Å². The second kappa shape index (κ2) is 7.78. The molecule has 0 aliphatic rings. The quantitative estimate of drug-likeness (QED) is 0.741. The summed E-state index contributed by atoms with van der Waals surface area (Å²) in [5, 5.41) is 19.2. The molecule has 0 fully saturated rings. The maximum atomic E-state index is 12.3. The van der Waals surface area contributed by atoms with Crippen LogP contribution in [-0.2, 0) is 4.79 Å². The molecule has 0 aliphatic carbocycles. The summed E-state index contributed by atoms with van der Waals surface area (Å²) in [6, 6.07) is 4.37. The van der Waals surface area contributed by atoms with Gasteiger partial charge in [0.1, 0.15) is 5.69 Å². The average Bonchev–Trinajstić information content (AvgIpc) is 3.06. The minimum absolute atomic E-state index is 0.0913. The zero-order chi connectivity index (χ0) is 18.6. The van der Waals surface area contributed by atoms with Crippen LogP contribution in [0.15, 0.2) is 30.6 Å². The van der Waals surface area contributed by atoms with Crippen LogP contribution >= 0.6 is 0 Å². The maximum Gasteiger partial charge on any atom is 0.272 e. The number of pyridine rings is 1. The van der Waals surface area contributed by atoms with E-state index in [0.29, 0.717) is 5.69 Å². The van der Waals surface area contributed by atoms with Gasteiger partial charge in [0.05, 0.1) is 5.92 Å². The van der Waals surface area contributed by atoms with Crippen molar-refractivity contribution in [2.45, 2.75) is 39.8 Å².